The van der Waals surface area contributed by atoms with E-state index in [4.69, 9.17) is 0 Å². The van der Waals surface area contributed by atoms with E-state index < -0.39 is 6.10 Å². The van der Waals surface area contributed by atoms with Crippen LogP contribution in [0.25, 0.3) is 0 Å². The summed E-state index contributed by atoms with van der Waals surface area (Å²) in [6.07, 6.45) is 7.18. The molecule has 0 amide bonds. The topological polar surface area (TPSA) is 40.5 Å². The summed E-state index contributed by atoms with van der Waals surface area (Å²) in [7, 11) is 0. The van der Waals surface area contributed by atoms with Crippen LogP contribution in [0.1, 0.15) is 66.2 Å². The second kappa shape index (κ2) is 4.95. The van der Waals surface area contributed by atoms with Crippen LogP contribution in [0.3, 0.4) is 0 Å². The van der Waals surface area contributed by atoms with Gasteiger partial charge < -0.3 is 10.2 Å². The van der Waals surface area contributed by atoms with Crippen molar-refractivity contribution in [2.45, 2.75) is 78.4 Å². The summed E-state index contributed by atoms with van der Waals surface area (Å²) in [4.78, 5) is 0. The van der Waals surface area contributed by atoms with Crippen molar-refractivity contribution in [3.63, 3.8) is 0 Å². The normalized spacial score (nSPS) is 47.6. The van der Waals surface area contributed by atoms with Gasteiger partial charge in [0.15, 0.2) is 0 Å². The molecule has 2 heteroatoms. The molecular formula is C20H32O2. The van der Waals surface area contributed by atoms with E-state index in [1.165, 1.54) is 18.4 Å². The Morgan fingerprint density at radius 2 is 1.77 bits per heavy atom. The smallest absolute Gasteiger partial charge is 0.0767 e. The molecule has 3 aliphatic rings. The van der Waals surface area contributed by atoms with E-state index in [9.17, 15) is 10.2 Å². The van der Waals surface area contributed by atoms with Crippen molar-refractivity contribution in [1.29, 1.82) is 0 Å². The lowest BCUT2D eigenvalue weighted by atomic mass is 9.47. The summed E-state index contributed by atoms with van der Waals surface area (Å²) in [5.41, 5.74) is 2.51. The lowest BCUT2D eigenvalue weighted by Gasteiger charge is -2.59. The van der Waals surface area contributed by atoms with Gasteiger partial charge in [0, 0.05) is 0 Å². The molecule has 2 nitrogen and oxygen atoms in total. The van der Waals surface area contributed by atoms with Crippen molar-refractivity contribution in [3.05, 3.63) is 23.8 Å². The third-order valence-electron chi connectivity index (χ3n) is 7.13. The third-order valence-corrected chi connectivity index (χ3v) is 7.13. The first-order chi connectivity index (χ1) is 10.1. The van der Waals surface area contributed by atoms with Crippen LogP contribution in [-0.4, -0.2) is 22.4 Å². The number of rotatable bonds is 1. The molecule has 3 aliphatic carbocycles. The van der Waals surface area contributed by atoms with Crippen LogP contribution in [0, 0.1) is 22.2 Å². The minimum Gasteiger partial charge on any atom is -0.389 e. The molecule has 1 fully saturated rings. The Morgan fingerprint density at radius 3 is 2.41 bits per heavy atom. The van der Waals surface area contributed by atoms with Gasteiger partial charge in [-0.15, -0.1) is 6.58 Å². The van der Waals surface area contributed by atoms with Gasteiger partial charge in [-0.2, -0.15) is 0 Å². The molecule has 22 heavy (non-hydrogen) atoms. The molecule has 3 rings (SSSR count). The van der Waals surface area contributed by atoms with Gasteiger partial charge in [0.25, 0.3) is 0 Å². The van der Waals surface area contributed by atoms with Crippen molar-refractivity contribution in [2.24, 2.45) is 22.2 Å². The maximum atomic E-state index is 10.9. The van der Waals surface area contributed by atoms with Gasteiger partial charge in [0.2, 0.25) is 0 Å². The molecule has 0 aromatic heterocycles. The zero-order chi connectivity index (χ0) is 16.3. The van der Waals surface area contributed by atoms with Crippen LogP contribution < -0.4 is 0 Å². The zero-order valence-corrected chi connectivity index (χ0v) is 14.7. The summed E-state index contributed by atoms with van der Waals surface area (Å²) in [5, 5.41) is 21.8. The molecular weight excluding hydrogens is 272 g/mol. The summed E-state index contributed by atoms with van der Waals surface area (Å²) in [6.45, 7) is 13.1. The van der Waals surface area contributed by atoms with E-state index in [-0.39, 0.29) is 22.3 Å². The van der Waals surface area contributed by atoms with Crippen molar-refractivity contribution in [3.8, 4) is 0 Å². The summed E-state index contributed by atoms with van der Waals surface area (Å²) >= 11 is 0. The van der Waals surface area contributed by atoms with Gasteiger partial charge in [-0.25, -0.2) is 0 Å². The molecule has 124 valence electrons. The van der Waals surface area contributed by atoms with Gasteiger partial charge >= 0.3 is 0 Å². The highest BCUT2D eigenvalue weighted by Crippen LogP contribution is 2.62. The Bertz CT molecular complexity index is 518. The molecule has 5 atom stereocenters. The van der Waals surface area contributed by atoms with Crippen LogP contribution in [0.4, 0.5) is 0 Å². The van der Waals surface area contributed by atoms with Crippen LogP contribution in [0.5, 0.6) is 0 Å². The standard InChI is InChI=1S/C20H32O2/c1-6-19(4)11-13-14(21)10-16-18(2,3)8-7-9-20(16,5)17(13)15(22)12-19/h6,14-16,21-22H,1,7-12H2,2-5H3/t14-,15+,16+,19-,20+/m1/s1. The van der Waals surface area contributed by atoms with Crippen molar-refractivity contribution < 1.29 is 10.2 Å². The van der Waals surface area contributed by atoms with E-state index in [0.29, 0.717) is 5.92 Å². The van der Waals surface area contributed by atoms with Gasteiger partial charge in [0.05, 0.1) is 12.2 Å². The lowest BCUT2D eigenvalue weighted by molar-refractivity contribution is -0.0443. The Labute approximate surface area is 135 Å². The quantitative estimate of drug-likeness (QED) is 0.712. The number of aliphatic hydroxyl groups excluding tert-OH is 2. The molecule has 0 spiro atoms. The van der Waals surface area contributed by atoms with Crippen LogP contribution >= 0.6 is 0 Å². The van der Waals surface area contributed by atoms with E-state index in [0.717, 1.165) is 31.3 Å². The molecule has 0 saturated heterocycles. The van der Waals surface area contributed by atoms with E-state index in [2.05, 4.69) is 34.3 Å². The average Bonchev–Trinajstić information content (AvgIpc) is 2.40. The Kier molecular flexibility index (Phi) is 3.66. The van der Waals surface area contributed by atoms with Crippen LogP contribution in [-0.2, 0) is 0 Å². The van der Waals surface area contributed by atoms with Gasteiger partial charge in [-0.1, -0.05) is 40.2 Å². The highest BCUT2D eigenvalue weighted by atomic mass is 16.3. The van der Waals surface area contributed by atoms with Crippen molar-refractivity contribution in [1.82, 2.24) is 0 Å². The number of fused-ring (bicyclic) bond motifs is 2. The molecule has 0 aliphatic heterocycles. The third kappa shape index (κ3) is 2.22. The number of hydrogen-bond acceptors (Lipinski definition) is 2. The van der Waals surface area contributed by atoms with E-state index in [1.54, 1.807) is 0 Å². The first-order valence-corrected chi connectivity index (χ1v) is 8.86. The summed E-state index contributed by atoms with van der Waals surface area (Å²) in [6, 6.07) is 0. The number of aliphatic hydroxyl groups is 2. The minimum atomic E-state index is -0.428. The van der Waals surface area contributed by atoms with Crippen molar-refractivity contribution >= 4 is 0 Å². The first-order valence-electron chi connectivity index (χ1n) is 8.86. The fourth-order valence-electron chi connectivity index (χ4n) is 5.95. The average molecular weight is 304 g/mol. The highest BCUT2D eigenvalue weighted by molar-refractivity contribution is 5.38. The van der Waals surface area contributed by atoms with Crippen LogP contribution in [0.15, 0.2) is 23.8 Å². The number of hydrogen-bond donors (Lipinski definition) is 2. The maximum Gasteiger partial charge on any atom is 0.0767 e. The Morgan fingerprint density at radius 1 is 1.09 bits per heavy atom. The first kappa shape index (κ1) is 16.3. The molecule has 0 radical (unpaired) electrons. The summed E-state index contributed by atoms with van der Waals surface area (Å²) in [5.74, 6) is 0.463. The second-order valence-corrected chi connectivity index (χ2v) is 9.26. The van der Waals surface area contributed by atoms with E-state index >= 15 is 0 Å². The lowest BCUT2D eigenvalue weighted by Crippen LogP contribution is -2.53. The van der Waals surface area contributed by atoms with E-state index in [1.807, 2.05) is 6.08 Å². The SMILES string of the molecule is C=C[C@]1(C)CC2=C([C@@H](O)C1)[C@@]1(C)CCCC(C)(C)[C@@H]1C[C@H]2O. The zero-order valence-electron chi connectivity index (χ0n) is 14.7. The molecule has 0 aromatic carbocycles. The fraction of sp³-hybridized carbons (Fsp3) is 0.800. The Hall–Kier alpha value is -0.600. The Balaban J connectivity index is 2.11. The van der Waals surface area contributed by atoms with Gasteiger partial charge in [-0.05, 0) is 65.4 Å². The molecule has 2 N–H and O–H groups in total. The maximum absolute atomic E-state index is 10.9. The van der Waals surface area contributed by atoms with Gasteiger partial charge in [-0.3, -0.25) is 0 Å². The molecule has 0 bridgehead atoms. The summed E-state index contributed by atoms with van der Waals surface area (Å²) < 4.78 is 0. The number of allylic oxidation sites excluding steroid dienone is 1. The fourth-order valence-corrected chi connectivity index (χ4v) is 5.95. The second-order valence-electron chi connectivity index (χ2n) is 9.26. The molecule has 0 heterocycles. The molecule has 0 unspecified atom stereocenters. The molecule has 0 aromatic rings. The predicted octanol–water partition coefficient (Wildman–Crippen LogP) is 4.23. The predicted molar refractivity (Wildman–Crippen MR) is 90.4 cm³/mol. The monoisotopic (exact) mass is 304 g/mol. The van der Waals surface area contributed by atoms with Gasteiger partial charge in [0.1, 0.15) is 0 Å². The van der Waals surface area contributed by atoms with Crippen molar-refractivity contribution in [2.75, 3.05) is 0 Å². The van der Waals surface area contributed by atoms with Crippen LogP contribution in [0.2, 0.25) is 0 Å². The largest absolute Gasteiger partial charge is 0.389 e. The minimum absolute atomic E-state index is 0.0538. The highest BCUT2D eigenvalue weighted by Gasteiger charge is 2.56. The molecule has 1 saturated carbocycles.